The summed E-state index contributed by atoms with van der Waals surface area (Å²) in [4.78, 5) is 19.4. The number of aromatic nitrogens is 2. The first kappa shape index (κ1) is 19.8. The number of nitrogens with one attached hydrogen (secondary N) is 1. The van der Waals surface area contributed by atoms with Crippen molar-refractivity contribution in [3.8, 4) is 0 Å². The summed E-state index contributed by atoms with van der Waals surface area (Å²) in [5.74, 6) is 0.380. The van der Waals surface area contributed by atoms with Gasteiger partial charge in [-0.1, -0.05) is 25.1 Å². The highest BCUT2D eigenvalue weighted by Gasteiger charge is 2.14. The van der Waals surface area contributed by atoms with Gasteiger partial charge < -0.3 is 14.8 Å². The number of nitrogens with zero attached hydrogens (tertiary/aromatic N) is 3. The van der Waals surface area contributed by atoms with Gasteiger partial charge in [-0.25, -0.2) is 4.98 Å². The van der Waals surface area contributed by atoms with Crippen LogP contribution in [0.2, 0.25) is 0 Å². The molecular formula is C21H30N4OS. The van der Waals surface area contributed by atoms with Gasteiger partial charge in [0.2, 0.25) is 5.91 Å². The summed E-state index contributed by atoms with van der Waals surface area (Å²) in [7, 11) is 0. The van der Waals surface area contributed by atoms with Crippen LogP contribution in [0.25, 0.3) is 0 Å². The molecule has 1 aliphatic heterocycles. The van der Waals surface area contributed by atoms with Crippen molar-refractivity contribution in [3.05, 3.63) is 35.7 Å². The lowest BCUT2D eigenvalue weighted by Crippen LogP contribution is -2.18. The molecule has 1 saturated heterocycles. The minimum atomic E-state index is 0.00858. The van der Waals surface area contributed by atoms with Gasteiger partial charge in [0, 0.05) is 36.7 Å². The van der Waals surface area contributed by atoms with Gasteiger partial charge in [0.1, 0.15) is 0 Å². The number of amides is 1. The second kappa shape index (κ2) is 9.31. The Bertz CT molecular complexity index is 763. The Balaban J connectivity index is 1.54. The number of carbonyl (C=O) groups excluding carboxylic acids is 1. The molecule has 6 heteroatoms. The highest BCUT2D eigenvalue weighted by molar-refractivity contribution is 7.99. The molecule has 0 radical (unpaired) electrons. The maximum Gasteiger partial charge on any atom is 0.234 e. The first-order valence-electron chi connectivity index (χ1n) is 9.90. The Labute approximate surface area is 166 Å². The zero-order valence-electron chi connectivity index (χ0n) is 16.6. The Morgan fingerprint density at radius 2 is 1.89 bits per heavy atom. The summed E-state index contributed by atoms with van der Waals surface area (Å²) in [6, 6.07) is 8.18. The molecule has 3 rings (SSSR count). The van der Waals surface area contributed by atoms with Crippen molar-refractivity contribution >= 4 is 29.0 Å². The summed E-state index contributed by atoms with van der Waals surface area (Å²) in [5, 5.41) is 3.94. The van der Waals surface area contributed by atoms with Crippen LogP contribution in [0.3, 0.4) is 0 Å². The maximum atomic E-state index is 12.4. The van der Waals surface area contributed by atoms with Crippen LogP contribution in [0.15, 0.2) is 29.4 Å². The highest BCUT2D eigenvalue weighted by atomic mass is 32.2. The average Bonchev–Trinajstić information content (AvgIpc) is 3.29. The van der Waals surface area contributed by atoms with E-state index in [2.05, 4.69) is 45.7 Å². The van der Waals surface area contributed by atoms with Crippen LogP contribution in [-0.2, 0) is 11.3 Å². The van der Waals surface area contributed by atoms with Crippen molar-refractivity contribution in [2.45, 2.75) is 58.2 Å². The van der Waals surface area contributed by atoms with E-state index in [9.17, 15) is 4.79 Å². The first-order chi connectivity index (χ1) is 13.1. The Kier molecular flexibility index (Phi) is 6.83. The Morgan fingerprint density at radius 3 is 2.56 bits per heavy atom. The SMILES string of the molecule is CCCCn1c(SCC(=O)Nc2ccc(N3CCCC3)cc2)nc(C)c1C. The summed E-state index contributed by atoms with van der Waals surface area (Å²) in [5.41, 5.74) is 4.34. The van der Waals surface area contributed by atoms with Crippen LogP contribution < -0.4 is 10.2 Å². The third kappa shape index (κ3) is 5.06. The third-order valence-corrected chi connectivity index (χ3v) is 6.09. The summed E-state index contributed by atoms with van der Waals surface area (Å²) >= 11 is 1.51. The molecular weight excluding hydrogens is 356 g/mol. The fraction of sp³-hybridized carbons (Fsp3) is 0.524. The molecule has 0 spiro atoms. The van der Waals surface area contributed by atoms with Crippen molar-refractivity contribution in [2.75, 3.05) is 29.1 Å². The Morgan fingerprint density at radius 1 is 1.19 bits per heavy atom. The van der Waals surface area contributed by atoms with Crippen LogP contribution in [0.4, 0.5) is 11.4 Å². The lowest BCUT2D eigenvalue weighted by molar-refractivity contribution is -0.113. The second-order valence-corrected chi connectivity index (χ2v) is 8.09. The molecule has 146 valence electrons. The predicted octanol–water partition coefficient (Wildman–Crippen LogP) is 4.63. The molecule has 1 aromatic carbocycles. The van der Waals surface area contributed by atoms with Gasteiger partial charge >= 0.3 is 0 Å². The largest absolute Gasteiger partial charge is 0.372 e. The van der Waals surface area contributed by atoms with Gasteiger partial charge in [0.15, 0.2) is 5.16 Å². The Hall–Kier alpha value is -1.95. The number of aryl methyl sites for hydroxylation is 1. The van der Waals surface area contributed by atoms with E-state index in [4.69, 9.17) is 0 Å². The number of rotatable bonds is 8. The molecule has 0 saturated carbocycles. The zero-order valence-corrected chi connectivity index (χ0v) is 17.4. The van der Waals surface area contributed by atoms with Crippen LogP contribution in [0.1, 0.15) is 44.0 Å². The second-order valence-electron chi connectivity index (χ2n) is 7.15. The van der Waals surface area contributed by atoms with Gasteiger partial charge in [-0.05, 0) is 57.4 Å². The quantitative estimate of drug-likeness (QED) is 0.672. The number of unbranched alkanes of at least 4 members (excludes halogenated alkanes) is 1. The molecule has 2 aromatic rings. The molecule has 5 nitrogen and oxygen atoms in total. The van der Waals surface area contributed by atoms with Gasteiger partial charge in [-0.15, -0.1) is 0 Å². The van der Waals surface area contributed by atoms with E-state index in [0.717, 1.165) is 49.0 Å². The lowest BCUT2D eigenvalue weighted by Gasteiger charge is -2.17. The molecule has 0 unspecified atom stereocenters. The molecule has 0 aliphatic carbocycles. The molecule has 1 amide bonds. The minimum Gasteiger partial charge on any atom is -0.372 e. The normalized spacial score (nSPS) is 14.0. The van der Waals surface area contributed by atoms with E-state index in [0.29, 0.717) is 5.75 Å². The summed E-state index contributed by atoms with van der Waals surface area (Å²) < 4.78 is 2.24. The number of thioether (sulfide) groups is 1. The van der Waals surface area contributed by atoms with Crippen LogP contribution >= 0.6 is 11.8 Å². The number of anilines is 2. The first-order valence-corrected chi connectivity index (χ1v) is 10.9. The summed E-state index contributed by atoms with van der Waals surface area (Å²) in [6.07, 6.45) is 4.81. The molecule has 1 fully saturated rings. The highest BCUT2D eigenvalue weighted by Crippen LogP contribution is 2.24. The molecule has 0 bridgehead atoms. The molecule has 1 N–H and O–H groups in total. The molecule has 1 aromatic heterocycles. The van der Waals surface area contributed by atoms with Gasteiger partial charge in [0.05, 0.1) is 11.4 Å². The molecule has 27 heavy (non-hydrogen) atoms. The van der Waals surface area contributed by atoms with Gasteiger partial charge in [-0.3, -0.25) is 4.79 Å². The van der Waals surface area contributed by atoms with E-state index in [1.165, 1.54) is 36.0 Å². The van der Waals surface area contributed by atoms with E-state index < -0.39 is 0 Å². The number of hydrogen-bond acceptors (Lipinski definition) is 4. The summed E-state index contributed by atoms with van der Waals surface area (Å²) in [6.45, 7) is 9.55. The maximum absolute atomic E-state index is 12.4. The molecule has 1 aliphatic rings. The van der Waals surface area contributed by atoms with E-state index >= 15 is 0 Å². The number of hydrogen-bond donors (Lipinski definition) is 1. The van der Waals surface area contributed by atoms with Crippen molar-refractivity contribution in [3.63, 3.8) is 0 Å². The predicted molar refractivity (Wildman–Crippen MR) is 114 cm³/mol. The molecule has 0 atom stereocenters. The van der Waals surface area contributed by atoms with Crippen LogP contribution in [0, 0.1) is 13.8 Å². The zero-order chi connectivity index (χ0) is 19.2. The monoisotopic (exact) mass is 386 g/mol. The van der Waals surface area contributed by atoms with Gasteiger partial charge in [-0.2, -0.15) is 0 Å². The number of carbonyl (C=O) groups is 1. The van der Waals surface area contributed by atoms with E-state index in [1.54, 1.807) is 0 Å². The third-order valence-electron chi connectivity index (χ3n) is 5.11. The minimum absolute atomic E-state index is 0.00858. The van der Waals surface area contributed by atoms with E-state index in [1.807, 2.05) is 19.1 Å². The fourth-order valence-electron chi connectivity index (χ4n) is 3.37. The lowest BCUT2D eigenvalue weighted by atomic mass is 10.2. The fourth-order valence-corrected chi connectivity index (χ4v) is 4.29. The van der Waals surface area contributed by atoms with Crippen LogP contribution in [-0.4, -0.2) is 34.3 Å². The number of imidazole rings is 1. The number of benzene rings is 1. The topological polar surface area (TPSA) is 50.2 Å². The van der Waals surface area contributed by atoms with Crippen molar-refractivity contribution in [2.24, 2.45) is 0 Å². The molecule has 2 heterocycles. The van der Waals surface area contributed by atoms with Crippen molar-refractivity contribution in [1.29, 1.82) is 0 Å². The van der Waals surface area contributed by atoms with Crippen molar-refractivity contribution < 1.29 is 4.79 Å². The van der Waals surface area contributed by atoms with Crippen molar-refractivity contribution in [1.82, 2.24) is 9.55 Å². The van der Waals surface area contributed by atoms with E-state index in [-0.39, 0.29) is 5.91 Å². The average molecular weight is 387 g/mol. The van der Waals surface area contributed by atoms with Gasteiger partial charge in [0.25, 0.3) is 0 Å². The standard InChI is InChI=1S/C21H30N4OS/c1-4-5-14-25-17(3)16(2)22-21(25)27-15-20(26)23-18-8-10-19(11-9-18)24-12-6-7-13-24/h8-11H,4-7,12-15H2,1-3H3,(H,23,26). The smallest absolute Gasteiger partial charge is 0.234 e. The van der Waals surface area contributed by atoms with Crippen LogP contribution in [0.5, 0.6) is 0 Å².